The summed E-state index contributed by atoms with van der Waals surface area (Å²) in [6.07, 6.45) is 1.87. The first-order valence-corrected chi connectivity index (χ1v) is 6.86. The Balaban J connectivity index is 2.07. The van der Waals surface area contributed by atoms with Gasteiger partial charge < -0.3 is 5.32 Å². The van der Waals surface area contributed by atoms with Crippen LogP contribution in [0, 0.1) is 6.92 Å². The van der Waals surface area contributed by atoms with Crippen LogP contribution in [0.5, 0.6) is 0 Å². The zero-order valence-electron chi connectivity index (χ0n) is 11.8. The van der Waals surface area contributed by atoms with Gasteiger partial charge in [0.05, 0.1) is 11.7 Å². The third kappa shape index (κ3) is 2.43. The van der Waals surface area contributed by atoms with Gasteiger partial charge in [0.25, 0.3) is 0 Å². The molecule has 2 aromatic carbocycles. The van der Waals surface area contributed by atoms with Gasteiger partial charge >= 0.3 is 0 Å². The molecule has 0 aliphatic rings. The van der Waals surface area contributed by atoms with Gasteiger partial charge in [-0.1, -0.05) is 36.4 Å². The summed E-state index contributed by atoms with van der Waals surface area (Å²) in [7, 11) is 1.98. The van der Waals surface area contributed by atoms with E-state index >= 15 is 0 Å². The van der Waals surface area contributed by atoms with Crippen molar-refractivity contribution in [3.8, 4) is 0 Å². The molecule has 1 aromatic heterocycles. The summed E-state index contributed by atoms with van der Waals surface area (Å²) < 4.78 is 0. The molecule has 2 heteroatoms. The van der Waals surface area contributed by atoms with Gasteiger partial charge in [-0.25, -0.2) is 0 Å². The van der Waals surface area contributed by atoms with Crippen molar-refractivity contribution < 1.29 is 0 Å². The van der Waals surface area contributed by atoms with Crippen LogP contribution in [0.1, 0.15) is 22.9 Å². The molecule has 20 heavy (non-hydrogen) atoms. The van der Waals surface area contributed by atoms with Crippen molar-refractivity contribution in [1.82, 2.24) is 10.3 Å². The van der Waals surface area contributed by atoms with E-state index in [0.717, 1.165) is 5.69 Å². The third-order valence-electron chi connectivity index (χ3n) is 3.63. The normalized spacial score (nSPS) is 12.5. The van der Waals surface area contributed by atoms with Crippen molar-refractivity contribution >= 4 is 10.8 Å². The van der Waals surface area contributed by atoms with Crippen molar-refractivity contribution in [1.29, 1.82) is 0 Å². The second-order valence-electron chi connectivity index (χ2n) is 5.09. The predicted octanol–water partition coefficient (Wildman–Crippen LogP) is 3.85. The number of hydrogen-bond acceptors (Lipinski definition) is 2. The number of aromatic nitrogens is 1. The van der Waals surface area contributed by atoms with Crippen LogP contribution in [0.2, 0.25) is 0 Å². The molecule has 0 saturated carbocycles. The zero-order chi connectivity index (χ0) is 13.9. The van der Waals surface area contributed by atoms with Crippen LogP contribution in [0.25, 0.3) is 10.8 Å². The van der Waals surface area contributed by atoms with Gasteiger partial charge in [-0.2, -0.15) is 0 Å². The zero-order valence-corrected chi connectivity index (χ0v) is 11.8. The summed E-state index contributed by atoms with van der Waals surface area (Å²) in [4.78, 5) is 4.50. The van der Waals surface area contributed by atoms with Crippen LogP contribution in [0.4, 0.5) is 0 Å². The van der Waals surface area contributed by atoms with E-state index < -0.39 is 0 Å². The van der Waals surface area contributed by atoms with Crippen molar-refractivity contribution in [3.63, 3.8) is 0 Å². The van der Waals surface area contributed by atoms with Crippen molar-refractivity contribution in [2.45, 2.75) is 13.0 Å². The summed E-state index contributed by atoms with van der Waals surface area (Å²) in [5.74, 6) is 0. The van der Waals surface area contributed by atoms with E-state index in [4.69, 9.17) is 0 Å². The fraction of sp³-hybridized carbons (Fsp3) is 0.167. The van der Waals surface area contributed by atoms with E-state index in [1.54, 1.807) is 0 Å². The first kappa shape index (κ1) is 12.8. The lowest BCUT2D eigenvalue weighted by molar-refractivity contribution is 0.671. The molecule has 1 atom stereocenters. The monoisotopic (exact) mass is 262 g/mol. The van der Waals surface area contributed by atoms with Gasteiger partial charge in [-0.15, -0.1) is 0 Å². The maximum absolute atomic E-state index is 4.50. The number of rotatable bonds is 3. The minimum Gasteiger partial charge on any atom is -0.308 e. The minimum atomic E-state index is 0.125. The average molecular weight is 262 g/mol. The molecule has 1 heterocycles. The second kappa shape index (κ2) is 5.43. The quantitative estimate of drug-likeness (QED) is 0.775. The van der Waals surface area contributed by atoms with Crippen molar-refractivity contribution in [3.05, 3.63) is 77.6 Å². The number of benzene rings is 2. The molecule has 0 saturated heterocycles. The smallest absolute Gasteiger partial charge is 0.0749 e. The molecule has 0 aliphatic heterocycles. The second-order valence-corrected chi connectivity index (χ2v) is 5.09. The van der Waals surface area contributed by atoms with Gasteiger partial charge in [0.2, 0.25) is 0 Å². The predicted molar refractivity (Wildman–Crippen MR) is 83.8 cm³/mol. The third-order valence-corrected chi connectivity index (χ3v) is 3.63. The largest absolute Gasteiger partial charge is 0.308 e. The maximum atomic E-state index is 4.50. The minimum absolute atomic E-state index is 0.125. The Morgan fingerprint density at radius 1 is 0.950 bits per heavy atom. The summed E-state index contributed by atoms with van der Waals surface area (Å²) >= 11 is 0. The SMILES string of the molecule is CNC(c1ccc2ccccc2c1)c1cc(C)ccn1. The molecule has 0 radical (unpaired) electrons. The van der Waals surface area contributed by atoms with Crippen LogP contribution in [-0.2, 0) is 0 Å². The Morgan fingerprint density at radius 2 is 1.75 bits per heavy atom. The van der Waals surface area contributed by atoms with Gasteiger partial charge in [-0.05, 0) is 54.1 Å². The molecule has 0 spiro atoms. The lowest BCUT2D eigenvalue weighted by Gasteiger charge is -2.17. The molecule has 0 fully saturated rings. The van der Waals surface area contributed by atoms with Crippen LogP contribution in [-0.4, -0.2) is 12.0 Å². The van der Waals surface area contributed by atoms with Gasteiger partial charge in [0.1, 0.15) is 0 Å². The molecule has 0 bridgehead atoms. The van der Waals surface area contributed by atoms with Crippen LogP contribution in [0.15, 0.2) is 60.8 Å². The van der Waals surface area contributed by atoms with Crippen LogP contribution >= 0.6 is 0 Å². The number of aryl methyl sites for hydroxylation is 1. The highest BCUT2D eigenvalue weighted by Gasteiger charge is 2.13. The fourth-order valence-corrected chi connectivity index (χ4v) is 2.59. The van der Waals surface area contributed by atoms with E-state index in [0.29, 0.717) is 0 Å². The highest BCUT2D eigenvalue weighted by atomic mass is 14.9. The molecule has 3 aromatic rings. The molecule has 100 valence electrons. The number of fused-ring (bicyclic) bond motifs is 1. The number of nitrogens with one attached hydrogen (secondary N) is 1. The Hall–Kier alpha value is -2.19. The number of hydrogen-bond donors (Lipinski definition) is 1. The summed E-state index contributed by atoms with van der Waals surface area (Å²) in [5.41, 5.74) is 3.53. The first-order chi connectivity index (χ1) is 9.78. The molecule has 1 N–H and O–H groups in total. The van der Waals surface area contributed by atoms with E-state index in [9.17, 15) is 0 Å². The standard InChI is InChI=1S/C18H18N2/c1-13-9-10-20-17(11-13)18(19-2)16-8-7-14-5-3-4-6-15(14)12-16/h3-12,18-19H,1-2H3. The summed E-state index contributed by atoms with van der Waals surface area (Å²) in [6, 6.07) is 19.3. The molecule has 2 nitrogen and oxygen atoms in total. The Kier molecular flexibility index (Phi) is 3.48. The lowest BCUT2D eigenvalue weighted by atomic mass is 9.99. The van der Waals surface area contributed by atoms with E-state index in [1.807, 2.05) is 19.3 Å². The molecule has 3 rings (SSSR count). The lowest BCUT2D eigenvalue weighted by Crippen LogP contribution is -2.18. The van der Waals surface area contributed by atoms with Gasteiger partial charge in [0, 0.05) is 6.20 Å². The van der Waals surface area contributed by atoms with Crippen LogP contribution < -0.4 is 5.32 Å². The fourth-order valence-electron chi connectivity index (χ4n) is 2.59. The Morgan fingerprint density at radius 3 is 2.50 bits per heavy atom. The van der Waals surface area contributed by atoms with E-state index in [1.165, 1.54) is 21.9 Å². The Labute approximate surface area is 119 Å². The van der Waals surface area contributed by atoms with E-state index in [2.05, 4.69) is 65.8 Å². The molecule has 0 amide bonds. The molecular weight excluding hydrogens is 244 g/mol. The Bertz CT molecular complexity index is 734. The highest BCUT2D eigenvalue weighted by Crippen LogP contribution is 2.24. The van der Waals surface area contributed by atoms with Crippen molar-refractivity contribution in [2.75, 3.05) is 7.05 Å². The summed E-state index contributed by atoms with van der Waals surface area (Å²) in [6.45, 7) is 2.10. The average Bonchev–Trinajstić information content (AvgIpc) is 2.48. The van der Waals surface area contributed by atoms with Crippen LogP contribution in [0.3, 0.4) is 0 Å². The highest BCUT2D eigenvalue weighted by molar-refractivity contribution is 5.83. The molecular formula is C18H18N2. The molecule has 1 unspecified atom stereocenters. The summed E-state index contributed by atoms with van der Waals surface area (Å²) in [5, 5.41) is 5.89. The molecule has 0 aliphatic carbocycles. The van der Waals surface area contributed by atoms with E-state index in [-0.39, 0.29) is 6.04 Å². The number of pyridine rings is 1. The number of nitrogens with zero attached hydrogens (tertiary/aromatic N) is 1. The topological polar surface area (TPSA) is 24.9 Å². The maximum Gasteiger partial charge on any atom is 0.0749 e. The van der Waals surface area contributed by atoms with Crippen molar-refractivity contribution in [2.24, 2.45) is 0 Å². The van der Waals surface area contributed by atoms with Gasteiger partial charge in [-0.3, -0.25) is 4.98 Å². The first-order valence-electron chi connectivity index (χ1n) is 6.86. The van der Waals surface area contributed by atoms with Gasteiger partial charge in [0.15, 0.2) is 0 Å².